The Hall–Kier alpha value is -2.95. The van der Waals surface area contributed by atoms with E-state index in [1.165, 1.54) is 30.2 Å². The molecule has 4 nitrogen and oxygen atoms in total. The van der Waals surface area contributed by atoms with E-state index in [2.05, 4.69) is 82.6 Å². The lowest BCUT2D eigenvalue weighted by Crippen LogP contribution is -2.57. The lowest BCUT2D eigenvalue weighted by molar-refractivity contribution is -0.00346. The first kappa shape index (κ1) is 21.6. The SMILES string of the molecule is COC(=O)c1cccc([C@]23CC4CN(Cc5ccccc5)[C@@H](c5ccccc5)CN4CC2C3)c1. The van der Waals surface area contributed by atoms with E-state index >= 15 is 0 Å². The average molecular weight is 453 g/mol. The first-order valence-electron chi connectivity index (χ1n) is 12.4. The summed E-state index contributed by atoms with van der Waals surface area (Å²) in [4.78, 5) is 17.6. The zero-order valence-electron chi connectivity index (χ0n) is 19.8. The topological polar surface area (TPSA) is 32.8 Å². The predicted octanol–water partition coefficient (Wildman–Crippen LogP) is 5.06. The van der Waals surface area contributed by atoms with Crippen LogP contribution in [0.4, 0.5) is 0 Å². The Kier molecular flexibility index (Phi) is 5.51. The van der Waals surface area contributed by atoms with Gasteiger partial charge in [0.1, 0.15) is 0 Å². The van der Waals surface area contributed by atoms with Crippen LogP contribution in [0.2, 0.25) is 0 Å². The molecule has 6 rings (SSSR count). The van der Waals surface area contributed by atoms with Gasteiger partial charge >= 0.3 is 5.97 Å². The molecule has 0 amide bonds. The first-order chi connectivity index (χ1) is 16.7. The number of hydrogen-bond acceptors (Lipinski definition) is 4. The number of hydrogen-bond donors (Lipinski definition) is 0. The molecule has 3 aromatic rings. The van der Waals surface area contributed by atoms with E-state index in [4.69, 9.17) is 4.74 Å². The lowest BCUT2D eigenvalue weighted by atomic mass is 9.81. The van der Waals surface area contributed by atoms with E-state index in [0.717, 1.165) is 32.6 Å². The van der Waals surface area contributed by atoms with Crippen molar-refractivity contribution in [3.63, 3.8) is 0 Å². The number of fused-ring (bicyclic) bond motifs is 2. The molecule has 0 bridgehead atoms. The number of benzene rings is 3. The summed E-state index contributed by atoms with van der Waals surface area (Å²) in [6.45, 7) is 4.27. The van der Waals surface area contributed by atoms with E-state index in [-0.39, 0.29) is 11.4 Å². The van der Waals surface area contributed by atoms with Gasteiger partial charge < -0.3 is 4.74 Å². The summed E-state index contributed by atoms with van der Waals surface area (Å²) < 4.78 is 4.98. The molecule has 0 radical (unpaired) electrons. The maximum atomic E-state index is 12.1. The van der Waals surface area contributed by atoms with Gasteiger partial charge in [0.2, 0.25) is 0 Å². The number of nitrogens with zero attached hydrogens (tertiary/aromatic N) is 2. The zero-order valence-corrected chi connectivity index (χ0v) is 19.8. The van der Waals surface area contributed by atoms with E-state index < -0.39 is 0 Å². The van der Waals surface area contributed by atoms with Gasteiger partial charge in [-0.25, -0.2) is 4.79 Å². The van der Waals surface area contributed by atoms with E-state index in [1.807, 2.05) is 12.1 Å². The van der Waals surface area contributed by atoms with Crippen molar-refractivity contribution < 1.29 is 9.53 Å². The molecule has 0 aromatic heterocycles. The number of methoxy groups -OCH3 is 1. The van der Waals surface area contributed by atoms with Gasteiger partial charge in [-0.1, -0.05) is 72.8 Å². The second kappa shape index (κ2) is 8.68. The minimum Gasteiger partial charge on any atom is -0.465 e. The van der Waals surface area contributed by atoms with Gasteiger partial charge in [0.25, 0.3) is 0 Å². The van der Waals surface area contributed by atoms with E-state index in [9.17, 15) is 4.79 Å². The maximum absolute atomic E-state index is 12.1. The van der Waals surface area contributed by atoms with Crippen molar-refractivity contribution in [2.24, 2.45) is 5.92 Å². The average Bonchev–Trinajstić information content (AvgIpc) is 3.62. The molecule has 2 saturated heterocycles. The number of esters is 1. The Bertz CT molecular complexity index is 1160. The van der Waals surface area contributed by atoms with E-state index in [0.29, 0.717) is 23.6 Å². The highest BCUT2D eigenvalue weighted by molar-refractivity contribution is 5.89. The summed E-state index contributed by atoms with van der Waals surface area (Å²) in [5.74, 6) is 0.430. The third-order valence-corrected chi connectivity index (χ3v) is 8.37. The summed E-state index contributed by atoms with van der Waals surface area (Å²) in [6.07, 6.45) is 2.38. The summed E-state index contributed by atoms with van der Waals surface area (Å²) in [6, 6.07) is 31.0. The molecule has 174 valence electrons. The summed E-state index contributed by atoms with van der Waals surface area (Å²) in [7, 11) is 1.46. The molecule has 3 aliphatic rings. The van der Waals surface area contributed by atoms with Crippen molar-refractivity contribution in [2.75, 3.05) is 26.7 Å². The van der Waals surface area contributed by atoms with Crippen molar-refractivity contribution in [1.29, 1.82) is 0 Å². The van der Waals surface area contributed by atoms with Crippen molar-refractivity contribution in [3.05, 3.63) is 107 Å². The van der Waals surface area contributed by atoms with Crippen LogP contribution in [0.3, 0.4) is 0 Å². The molecular weight excluding hydrogens is 420 g/mol. The molecule has 1 aliphatic carbocycles. The van der Waals surface area contributed by atoms with E-state index in [1.54, 1.807) is 0 Å². The Balaban J connectivity index is 1.27. The van der Waals surface area contributed by atoms with Gasteiger partial charge in [-0.05, 0) is 47.6 Å². The fourth-order valence-corrected chi connectivity index (χ4v) is 6.52. The Morgan fingerprint density at radius 3 is 2.44 bits per heavy atom. The van der Waals surface area contributed by atoms with Gasteiger partial charge in [-0.3, -0.25) is 9.80 Å². The van der Waals surface area contributed by atoms with Crippen molar-refractivity contribution >= 4 is 5.97 Å². The molecule has 3 fully saturated rings. The van der Waals surface area contributed by atoms with Crippen LogP contribution in [0.15, 0.2) is 84.9 Å². The predicted molar refractivity (Wildman–Crippen MR) is 134 cm³/mol. The Morgan fingerprint density at radius 1 is 0.912 bits per heavy atom. The molecule has 1 saturated carbocycles. The lowest BCUT2D eigenvalue weighted by Gasteiger charge is -2.50. The number of ether oxygens (including phenoxy) is 1. The highest BCUT2D eigenvalue weighted by Crippen LogP contribution is 2.61. The number of carbonyl (C=O) groups excluding carboxylic acids is 1. The van der Waals surface area contributed by atoms with Crippen LogP contribution in [0.1, 0.15) is 45.9 Å². The summed E-state index contributed by atoms with van der Waals surface area (Å²) >= 11 is 0. The van der Waals surface area contributed by atoms with Crippen molar-refractivity contribution in [3.8, 4) is 0 Å². The number of rotatable bonds is 5. The number of piperazine rings is 1. The third kappa shape index (κ3) is 3.85. The fourth-order valence-electron chi connectivity index (χ4n) is 6.52. The Morgan fingerprint density at radius 2 is 1.68 bits per heavy atom. The minimum absolute atomic E-state index is 0.212. The molecule has 0 spiro atoms. The normalized spacial score (nSPS) is 28.6. The molecule has 4 heteroatoms. The molecule has 4 atom stereocenters. The smallest absolute Gasteiger partial charge is 0.337 e. The maximum Gasteiger partial charge on any atom is 0.337 e. The molecular formula is C30H32N2O2. The van der Waals surface area contributed by atoms with Gasteiger partial charge in [0.05, 0.1) is 12.7 Å². The number of piperidine rings is 1. The minimum atomic E-state index is -0.245. The Labute approximate surface area is 202 Å². The molecule has 3 aromatic carbocycles. The highest BCUT2D eigenvalue weighted by Gasteiger charge is 2.60. The van der Waals surface area contributed by atoms with Crippen LogP contribution >= 0.6 is 0 Å². The highest BCUT2D eigenvalue weighted by atomic mass is 16.5. The van der Waals surface area contributed by atoms with Crippen LogP contribution in [0, 0.1) is 5.92 Å². The first-order valence-corrected chi connectivity index (χ1v) is 12.4. The van der Waals surface area contributed by atoms with Gasteiger partial charge in [-0.15, -0.1) is 0 Å². The second-order valence-corrected chi connectivity index (χ2v) is 10.3. The molecule has 2 unspecified atom stereocenters. The van der Waals surface area contributed by atoms with Crippen LogP contribution in [-0.4, -0.2) is 48.6 Å². The third-order valence-electron chi connectivity index (χ3n) is 8.37. The van der Waals surface area contributed by atoms with Crippen molar-refractivity contribution in [1.82, 2.24) is 9.80 Å². The standard InChI is InChI=1S/C30H32N2O2/c1-34-29(33)24-13-8-14-25(15-24)30-16-26(30)19-31-21-28(23-11-6-3-7-12-23)32(20-27(31)17-30)18-22-9-4-2-5-10-22/h2-15,26-28H,16-21H2,1H3/t26?,27?,28-,30+/m1/s1. The summed E-state index contributed by atoms with van der Waals surface area (Å²) in [5, 5.41) is 0. The van der Waals surface area contributed by atoms with Crippen LogP contribution < -0.4 is 0 Å². The van der Waals surface area contributed by atoms with Gasteiger partial charge in [0, 0.05) is 43.7 Å². The van der Waals surface area contributed by atoms with Gasteiger partial charge in [0.15, 0.2) is 0 Å². The summed E-state index contributed by atoms with van der Waals surface area (Å²) in [5.41, 5.74) is 4.98. The molecule has 34 heavy (non-hydrogen) atoms. The monoisotopic (exact) mass is 452 g/mol. The van der Waals surface area contributed by atoms with Crippen molar-refractivity contribution in [2.45, 2.75) is 36.9 Å². The molecule has 2 heterocycles. The molecule has 2 aliphatic heterocycles. The van der Waals surface area contributed by atoms with Crippen LogP contribution in [0.25, 0.3) is 0 Å². The largest absolute Gasteiger partial charge is 0.465 e. The zero-order chi connectivity index (χ0) is 23.1. The van der Waals surface area contributed by atoms with Gasteiger partial charge in [-0.2, -0.15) is 0 Å². The van der Waals surface area contributed by atoms with Crippen LogP contribution in [-0.2, 0) is 16.7 Å². The quantitative estimate of drug-likeness (QED) is 0.507. The molecule has 0 N–H and O–H groups in total. The second-order valence-electron chi connectivity index (χ2n) is 10.3. The van der Waals surface area contributed by atoms with Crippen LogP contribution in [0.5, 0.6) is 0 Å². The fraction of sp³-hybridized carbons (Fsp3) is 0.367. The number of carbonyl (C=O) groups is 1.